The van der Waals surface area contributed by atoms with Crippen molar-refractivity contribution in [2.24, 2.45) is 10.4 Å². The highest BCUT2D eigenvalue weighted by atomic mass is 16.6. The first-order valence-corrected chi connectivity index (χ1v) is 8.24. The van der Waals surface area contributed by atoms with E-state index in [0.29, 0.717) is 12.4 Å². The van der Waals surface area contributed by atoms with Gasteiger partial charge in [-0.25, -0.2) is 4.79 Å². The van der Waals surface area contributed by atoms with E-state index >= 15 is 0 Å². The Labute approximate surface area is 147 Å². The van der Waals surface area contributed by atoms with Gasteiger partial charge in [0.15, 0.2) is 0 Å². The molecule has 2 rings (SSSR count). The molecular weight excluding hydrogens is 318 g/mol. The van der Waals surface area contributed by atoms with Crippen LogP contribution in [0.5, 0.6) is 5.75 Å². The lowest BCUT2D eigenvalue weighted by Crippen LogP contribution is -2.25. The number of fused-ring (bicyclic) bond motifs is 1. The molecule has 2 aromatic carbocycles. The molecule has 0 fully saturated rings. The van der Waals surface area contributed by atoms with Gasteiger partial charge in [0.2, 0.25) is 5.90 Å². The molecular formula is C20H23NO4. The average molecular weight is 341 g/mol. The summed E-state index contributed by atoms with van der Waals surface area (Å²) >= 11 is 0. The summed E-state index contributed by atoms with van der Waals surface area (Å²) in [6.07, 6.45) is -0.843. The Morgan fingerprint density at radius 2 is 1.72 bits per heavy atom. The highest BCUT2D eigenvalue weighted by Crippen LogP contribution is 2.21. The van der Waals surface area contributed by atoms with E-state index in [9.17, 15) is 9.59 Å². The SMILES string of the molecule is CCOC(CC(=O)C(C)(C)C)=NC(=O)Oc1ccc2ccccc2c1. The van der Waals surface area contributed by atoms with Crippen molar-refractivity contribution in [1.29, 1.82) is 0 Å². The lowest BCUT2D eigenvalue weighted by atomic mass is 9.89. The molecule has 5 nitrogen and oxygen atoms in total. The van der Waals surface area contributed by atoms with Crippen molar-refractivity contribution < 1.29 is 19.1 Å². The Bertz CT molecular complexity index is 803. The van der Waals surface area contributed by atoms with E-state index in [4.69, 9.17) is 9.47 Å². The van der Waals surface area contributed by atoms with Gasteiger partial charge in [0.25, 0.3) is 0 Å². The number of rotatable bonds is 4. The van der Waals surface area contributed by atoms with Crippen LogP contribution in [0, 0.1) is 5.41 Å². The molecule has 2 aromatic rings. The number of carbonyl (C=O) groups excluding carboxylic acids is 2. The topological polar surface area (TPSA) is 65.0 Å². The number of nitrogens with zero attached hydrogens (tertiary/aromatic N) is 1. The van der Waals surface area contributed by atoms with Crippen LogP contribution in [0.1, 0.15) is 34.1 Å². The van der Waals surface area contributed by atoms with Crippen LogP contribution < -0.4 is 4.74 Å². The minimum atomic E-state index is -0.805. The van der Waals surface area contributed by atoms with Crippen LogP contribution in [0.4, 0.5) is 4.79 Å². The third-order valence-electron chi connectivity index (χ3n) is 3.60. The quantitative estimate of drug-likeness (QED) is 0.593. The van der Waals surface area contributed by atoms with Gasteiger partial charge in [-0.2, -0.15) is 0 Å². The predicted octanol–water partition coefficient (Wildman–Crippen LogP) is 4.78. The molecule has 0 spiro atoms. The van der Waals surface area contributed by atoms with E-state index < -0.39 is 11.5 Å². The van der Waals surface area contributed by atoms with Crippen molar-refractivity contribution in [1.82, 2.24) is 0 Å². The Morgan fingerprint density at radius 3 is 2.36 bits per heavy atom. The van der Waals surface area contributed by atoms with Crippen LogP contribution in [0.25, 0.3) is 10.8 Å². The Kier molecular flexibility index (Phi) is 5.91. The van der Waals surface area contributed by atoms with Crippen LogP contribution in [-0.2, 0) is 9.53 Å². The maximum atomic E-state index is 12.1. The van der Waals surface area contributed by atoms with E-state index in [1.54, 1.807) is 19.1 Å². The number of hydrogen-bond donors (Lipinski definition) is 0. The molecule has 25 heavy (non-hydrogen) atoms. The van der Waals surface area contributed by atoms with Crippen LogP contribution >= 0.6 is 0 Å². The van der Waals surface area contributed by atoms with Crippen molar-refractivity contribution in [2.45, 2.75) is 34.1 Å². The molecule has 0 aliphatic rings. The maximum Gasteiger partial charge on any atom is 0.442 e. The number of aliphatic imine (C=N–C) groups is 1. The lowest BCUT2D eigenvalue weighted by Gasteiger charge is -2.17. The van der Waals surface area contributed by atoms with Crippen LogP contribution in [0.3, 0.4) is 0 Å². The van der Waals surface area contributed by atoms with Gasteiger partial charge in [-0.05, 0) is 29.8 Å². The summed E-state index contributed by atoms with van der Waals surface area (Å²) in [4.78, 5) is 28.0. The van der Waals surface area contributed by atoms with Crippen LogP contribution in [-0.4, -0.2) is 24.4 Å². The fraction of sp³-hybridized carbons (Fsp3) is 0.350. The maximum absolute atomic E-state index is 12.1. The van der Waals surface area contributed by atoms with Crippen molar-refractivity contribution in [3.63, 3.8) is 0 Å². The smallest absolute Gasteiger partial charge is 0.442 e. The monoisotopic (exact) mass is 341 g/mol. The van der Waals surface area contributed by atoms with Gasteiger partial charge < -0.3 is 9.47 Å². The van der Waals surface area contributed by atoms with Gasteiger partial charge in [0, 0.05) is 5.41 Å². The Hall–Kier alpha value is -2.69. The standard InChI is InChI=1S/C20H23NO4/c1-5-24-18(13-17(22)20(2,3)4)21-19(23)25-16-11-10-14-8-6-7-9-15(14)12-16/h6-12H,5,13H2,1-4H3. The van der Waals surface area contributed by atoms with Crippen LogP contribution in [0.2, 0.25) is 0 Å². The van der Waals surface area contributed by atoms with Gasteiger partial charge in [-0.3, -0.25) is 4.79 Å². The summed E-state index contributed by atoms with van der Waals surface area (Å²) in [5.74, 6) is 0.414. The molecule has 0 heterocycles. The third kappa shape index (κ3) is 5.41. The molecule has 0 aliphatic carbocycles. The molecule has 0 saturated heterocycles. The van der Waals surface area contributed by atoms with Gasteiger partial charge >= 0.3 is 6.09 Å². The van der Waals surface area contributed by atoms with Gasteiger partial charge in [0.05, 0.1) is 13.0 Å². The van der Waals surface area contributed by atoms with E-state index in [1.165, 1.54) is 0 Å². The molecule has 1 amide bonds. The summed E-state index contributed by atoms with van der Waals surface area (Å²) < 4.78 is 10.6. The zero-order valence-corrected chi connectivity index (χ0v) is 15.0. The average Bonchev–Trinajstić information content (AvgIpc) is 2.54. The molecule has 0 aliphatic heterocycles. The first-order chi connectivity index (χ1) is 11.8. The summed E-state index contributed by atoms with van der Waals surface area (Å²) in [7, 11) is 0. The molecule has 0 unspecified atom stereocenters. The highest BCUT2D eigenvalue weighted by molar-refractivity contribution is 6.03. The van der Waals surface area contributed by atoms with Gasteiger partial charge in [-0.15, -0.1) is 4.99 Å². The second kappa shape index (κ2) is 7.92. The Morgan fingerprint density at radius 1 is 1.04 bits per heavy atom. The zero-order valence-electron chi connectivity index (χ0n) is 15.0. The minimum Gasteiger partial charge on any atom is -0.481 e. The molecule has 132 valence electrons. The highest BCUT2D eigenvalue weighted by Gasteiger charge is 2.24. The first kappa shape index (κ1) is 18.6. The number of amides is 1. The molecule has 0 radical (unpaired) electrons. The first-order valence-electron chi connectivity index (χ1n) is 8.24. The molecule has 0 aromatic heterocycles. The molecule has 0 saturated carbocycles. The molecule has 5 heteroatoms. The molecule has 0 N–H and O–H groups in total. The number of carbonyl (C=O) groups is 2. The van der Waals surface area contributed by atoms with E-state index in [1.807, 2.05) is 51.1 Å². The lowest BCUT2D eigenvalue weighted by molar-refractivity contribution is -0.125. The van der Waals surface area contributed by atoms with Crippen molar-refractivity contribution >= 4 is 28.5 Å². The number of ether oxygens (including phenoxy) is 2. The largest absolute Gasteiger partial charge is 0.481 e. The minimum absolute atomic E-state index is 0.0375. The van der Waals surface area contributed by atoms with E-state index in [-0.39, 0.29) is 18.1 Å². The number of hydrogen-bond acceptors (Lipinski definition) is 4. The second-order valence-corrected chi connectivity index (χ2v) is 6.67. The fourth-order valence-electron chi connectivity index (χ4n) is 2.15. The number of ketones is 1. The van der Waals surface area contributed by atoms with Crippen LogP contribution in [0.15, 0.2) is 47.5 Å². The molecule has 0 bridgehead atoms. The van der Waals surface area contributed by atoms with Crippen molar-refractivity contribution in [3.8, 4) is 5.75 Å². The van der Waals surface area contributed by atoms with Crippen molar-refractivity contribution in [2.75, 3.05) is 6.61 Å². The predicted molar refractivity (Wildman–Crippen MR) is 98.1 cm³/mol. The zero-order chi connectivity index (χ0) is 18.4. The number of benzene rings is 2. The summed E-state index contributed by atoms with van der Waals surface area (Å²) in [6, 6.07) is 13.1. The normalized spacial score (nSPS) is 12.1. The number of Topliss-reactive ketones (excluding diaryl/α,β-unsaturated/α-hetero) is 1. The van der Waals surface area contributed by atoms with E-state index in [0.717, 1.165) is 10.8 Å². The Balaban J connectivity index is 2.12. The van der Waals surface area contributed by atoms with Gasteiger partial charge in [0.1, 0.15) is 11.5 Å². The summed E-state index contributed by atoms with van der Waals surface area (Å²) in [5.41, 5.74) is -0.528. The summed E-state index contributed by atoms with van der Waals surface area (Å²) in [6.45, 7) is 7.52. The van der Waals surface area contributed by atoms with Crippen molar-refractivity contribution in [3.05, 3.63) is 42.5 Å². The van der Waals surface area contributed by atoms with Gasteiger partial charge in [-0.1, -0.05) is 51.1 Å². The molecule has 0 atom stereocenters. The fourth-order valence-corrected chi connectivity index (χ4v) is 2.15. The second-order valence-electron chi connectivity index (χ2n) is 6.67. The van der Waals surface area contributed by atoms with E-state index in [2.05, 4.69) is 4.99 Å². The third-order valence-corrected chi connectivity index (χ3v) is 3.60. The summed E-state index contributed by atoms with van der Waals surface area (Å²) in [5, 5.41) is 2.02.